The van der Waals surface area contributed by atoms with Gasteiger partial charge in [-0.3, -0.25) is 14.8 Å². The number of nitrogens with one attached hydrogen (secondary N) is 1. The molecule has 1 amide bonds. The quantitative estimate of drug-likeness (QED) is 0.849. The summed E-state index contributed by atoms with van der Waals surface area (Å²) in [6.07, 6.45) is 7.95. The second-order valence-corrected chi connectivity index (χ2v) is 4.64. The topological polar surface area (TPSA) is 58.1 Å². The first-order valence-corrected chi connectivity index (χ1v) is 6.54. The van der Waals surface area contributed by atoms with Crippen molar-refractivity contribution < 1.29 is 4.79 Å². The van der Waals surface area contributed by atoms with Crippen molar-refractivity contribution in [3.63, 3.8) is 0 Å². The van der Waals surface area contributed by atoms with Gasteiger partial charge in [0.2, 0.25) is 5.91 Å². The molecular formula is C13H20N4O. The summed E-state index contributed by atoms with van der Waals surface area (Å²) in [5.41, 5.74) is 0.908. The molecule has 2 heterocycles. The van der Waals surface area contributed by atoms with E-state index >= 15 is 0 Å². The molecule has 1 aliphatic rings. The lowest BCUT2D eigenvalue weighted by Gasteiger charge is -2.17. The zero-order valence-corrected chi connectivity index (χ0v) is 10.8. The first kappa shape index (κ1) is 13.0. The molecule has 1 aliphatic heterocycles. The SMILES string of the molecule is CC(NCCC(=O)N1CCCC1)c1cnccn1. The Balaban J connectivity index is 1.70. The van der Waals surface area contributed by atoms with Crippen molar-refractivity contribution >= 4 is 5.91 Å². The Morgan fingerprint density at radius 3 is 2.89 bits per heavy atom. The largest absolute Gasteiger partial charge is 0.343 e. The van der Waals surface area contributed by atoms with E-state index in [9.17, 15) is 4.79 Å². The minimum atomic E-state index is 0.130. The summed E-state index contributed by atoms with van der Waals surface area (Å²) in [7, 11) is 0. The highest BCUT2D eigenvalue weighted by Crippen LogP contribution is 2.09. The number of hydrogen-bond donors (Lipinski definition) is 1. The molecule has 5 heteroatoms. The van der Waals surface area contributed by atoms with Gasteiger partial charge in [0, 0.05) is 50.7 Å². The molecule has 0 aromatic carbocycles. The molecule has 1 fully saturated rings. The van der Waals surface area contributed by atoms with Crippen LogP contribution in [0.15, 0.2) is 18.6 Å². The zero-order valence-electron chi connectivity index (χ0n) is 10.8. The number of likely N-dealkylation sites (tertiary alicyclic amines) is 1. The van der Waals surface area contributed by atoms with Gasteiger partial charge in [0.15, 0.2) is 0 Å². The molecule has 5 nitrogen and oxygen atoms in total. The number of aromatic nitrogens is 2. The average Bonchev–Trinajstić information content (AvgIpc) is 2.93. The number of rotatable bonds is 5. The van der Waals surface area contributed by atoms with Gasteiger partial charge in [0.05, 0.1) is 5.69 Å². The summed E-state index contributed by atoms with van der Waals surface area (Å²) in [5, 5.41) is 3.30. The molecule has 1 aromatic heterocycles. The summed E-state index contributed by atoms with van der Waals surface area (Å²) < 4.78 is 0. The van der Waals surface area contributed by atoms with Crippen LogP contribution in [0.5, 0.6) is 0 Å². The van der Waals surface area contributed by atoms with Crippen molar-refractivity contribution in [3.05, 3.63) is 24.3 Å². The molecule has 2 rings (SSSR count). The van der Waals surface area contributed by atoms with E-state index in [4.69, 9.17) is 0 Å². The standard InChI is InChI=1S/C13H20N4O/c1-11(12-10-14-6-7-16-12)15-5-4-13(18)17-8-2-3-9-17/h6-7,10-11,15H,2-5,8-9H2,1H3. The summed E-state index contributed by atoms with van der Waals surface area (Å²) in [5.74, 6) is 0.256. The number of hydrogen-bond acceptors (Lipinski definition) is 4. The van der Waals surface area contributed by atoms with Gasteiger partial charge in [-0.2, -0.15) is 0 Å². The number of nitrogens with zero attached hydrogens (tertiary/aromatic N) is 3. The van der Waals surface area contributed by atoms with Crippen molar-refractivity contribution in [1.82, 2.24) is 20.2 Å². The van der Waals surface area contributed by atoms with Gasteiger partial charge in [-0.25, -0.2) is 0 Å². The number of carbonyl (C=O) groups is 1. The van der Waals surface area contributed by atoms with Crippen molar-refractivity contribution in [3.8, 4) is 0 Å². The van der Waals surface area contributed by atoms with Crippen LogP contribution in [0.2, 0.25) is 0 Å². The molecule has 1 aromatic rings. The fourth-order valence-electron chi connectivity index (χ4n) is 2.16. The monoisotopic (exact) mass is 248 g/mol. The van der Waals surface area contributed by atoms with Crippen molar-refractivity contribution in [2.45, 2.75) is 32.2 Å². The predicted octanol–water partition coefficient (Wildman–Crippen LogP) is 1.14. The first-order chi connectivity index (χ1) is 8.77. The molecule has 0 bridgehead atoms. The summed E-state index contributed by atoms with van der Waals surface area (Å²) >= 11 is 0. The maximum Gasteiger partial charge on any atom is 0.223 e. The summed E-state index contributed by atoms with van der Waals surface area (Å²) in [6, 6.07) is 0.130. The first-order valence-electron chi connectivity index (χ1n) is 6.54. The molecule has 0 spiro atoms. The van der Waals surface area contributed by atoms with Crippen LogP contribution >= 0.6 is 0 Å². The van der Waals surface area contributed by atoms with Crippen LogP contribution in [-0.4, -0.2) is 40.4 Å². The normalized spacial score (nSPS) is 16.8. The maximum atomic E-state index is 11.8. The molecule has 0 saturated carbocycles. The Bertz CT molecular complexity index is 376. The summed E-state index contributed by atoms with van der Waals surface area (Å²) in [6.45, 7) is 4.58. The van der Waals surface area contributed by atoms with E-state index < -0.39 is 0 Å². The van der Waals surface area contributed by atoms with Crippen molar-refractivity contribution in [1.29, 1.82) is 0 Å². The van der Waals surface area contributed by atoms with Gasteiger partial charge in [-0.15, -0.1) is 0 Å². The van der Waals surface area contributed by atoms with Crippen LogP contribution in [0, 0.1) is 0 Å². The van der Waals surface area contributed by atoms with Gasteiger partial charge < -0.3 is 10.2 Å². The fraction of sp³-hybridized carbons (Fsp3) is 0.615. The molecular weight excluding hydrogens is 228 g/mol. The van der Waals surface area contributed by atoms with Crippen LogP contribution < -0.4 is 5.32 Å². The van der Waals surface area contributed by atoms with Gasteiger partial charge in [-0.1, -0.05) is 0 Å². The maximum absolute atomic E-state index is 11.8. The Labute approximate surface area is 108 Å². The van der Waals surface area contributed by atoms with Gasteiger partial charge in [0.1, 0.15) is 0 Å². The molecule has 98 valence electrons. The molecule has 1 atom stereocenters. The van der Waals surface area contributed by atoms with Crippen LogP contribution in [0.25, 0.3) is 0 Å². The molecule has 0 aliphatic carbocycles. The Morgan fingerprint density at radius 1 is 1.44 bits per heavy atom. The second-order valence-electron chi connectivity index (χ2n) is 4.64. The van der Waals surface area contributed by atoms with Crippen LogP contribution in [0.4, 0.5) is 0 Å². The van der Waals surface area contributed by atoms with Crippen LogP contribution in [0.3, 0.4) is 0 Å². The average molecular weight is 248 g/mol. The number of amides is 1. The van der Waals surface area contributed by atoms with Gasteiger partial charge in [0.25, 0.3) is 0 Å². The van der Waals surface area contributed by atoms with Gasteiger partial charge >= 0.3 is 0 Å². The van der Waals surface area contributed by atoms with E-state index in [1.165, 1.54) is 0 Å². The number of carbonyl (C=O) groups excluding carboxylic acids is 1. The summed E-state index contributed by atoms with van der Waals surface area (Å²) in [4.78, 5) is 22.0. The third-order valence-electron chi connectivity index (χ3n) is 3.27. The molecule has 0 radical (unpaired) electrons. The Morgan fingerprint density at radius 2 is 2.22 bits per heavy atom. The van der Waals surface area contributed by atoms with E-state index in [-0.39, 0.29) is 11.9 Å². The molecule has 1 N–H and O–H groups in total. The minimum absolute atomic E-state index is 0.130. The zero-order chi connectivity index (χ0) is 12.8. The van der Waals surface area contributed by atoms with Crippen molar-refractivity contribution in [2.75, 3.05) is 19.6 Å². The Kier molecular flexibility index (Phi) is 4.64. The van der Waals surface area contributed by atoms with E-state index in [1.54, 1.807) is 18.6 Å². The van der Waals surface area contributed by atoms with E-state index in [2.05, 4.69) is 15.3 Å². The predicted molar refractivity (Wildman–Crippen MR) is 68.9 cm³/mol. The third kappa shape index (κ3) is 3.50. The Hall–Kier alpha value is -1.49. The lowest BCUT2D eigenvalue weighted by atomic mass is 10.2. The second kappa shape index (κ2) is 6.44. The minimum Gasteiger partial charge on any atom is -0.343 e. The lowest BCUT2D eigenvalue weighted by molar-refractivity contribution is -0.130. The smallest absolute Gasteiger partial charge is 0.223 e. The lowest BCUT2D eigenvalue weighted by Crippen LogP contribution is -2.31. The van der Waals surface area contributed by atoms with E-state index in [0.717, 1.165) is 31.6 Å². The van der Waals surface area contributed by atoms with E-state index in [1.807, 2.05) is 11.8 Å². The highest BCUT2D eigenvalue weighted by molar-refractivity contribution is 5.76. The highest BCUT2D eigenvalue weighted by Gasteiger charge is 2.17. The molecule has 18 heavy (non-hydrogen) atoms. The molecule has 1 unspecified atom stereocenters. The fourth-order valence-corrected chi connectivity index (χ4v) is 2.16. The van der Waals surface area contributed by atoms with Gasteiger partial charge in [-0.05, 0) is 19.8 Å². The third-order valence-corrected chi connectivity index (χ3v) is 3.27. The van der Waals surface area contributed by atoms with Crippen LogP contribution in [0.1, 0.15) is 37.9 Å². The van der Waals surface area contributed by atoms with E-state index in [0.29, 0.717) is 13.0 Å². The molecule has 1 saturated heterocycles. The van der Waals surface area contributed by atoms with Crippen molar-refractivity contribution in [2.24, 2.45) is 0 Å². The highest BCUT2D eigenvalue weighted by atomic mass is 16.2. The van der Waals surface area contributed by atoms with Crippen LogP contribution in [-0.2, 0) is 4.79 Å².